The Kier molecular flexibility index (Phi) is 6.13. The Morgan fingerprint density at radius 1 is 1.14 bits per heavy atom. The van der Waals surface area contributed by atoms with E-state index >= 15 is 0 Å². The zero-order valence-corrected chi connectivity index (χ0v) is 15.7. The number of hydrogen-bond acceptors (Lipinski definition) is 6. The average Bonchev–Trinajstić information content (AvgIpc) is 3.18. The zero-order chi connectivity index (χ0) is 21.0. The Bertz CT molecular complexity index is 961. The number of rotatable bonds is 8. The lowest BCUT2D eigenvalue weighted by molar-refractivity contribution is -0.925. The average molecular weight is 405 g/mol. The lowest BCUT2D eigenvalue weighted by Gasteiger charge is -2.19. The van der Waals surface area contributed by atoms with Gasteiger partial charge in [0.05, 0.1) is 12.0 Å². The molecule has 152 valence electrons. The summed E-state index contributed by atoms with van der Waals surface area (Å²) in [4.78, 5) is 11.3. The van der Waals surface area contributed by atoms with Crippen molar-refractivity contribution in [1.82, 2.24) is 10.2 Å². The van der Waals surface area contributed by atoms with Crippen molar-refractivity contribution >= 4 is 5.69 Å². The van der Waals surface area contributed by atoms with Crippen molar-refractivity contribution in [3.05, 3.63) is 70.1 Å². The molecule has 1 N–H and O–H groups in total. The van der Waals surface area contributed by atoms with Crippen molar-refractivity contribution in [1.29, 1.82) is 0 Å². The van der Waals surface area contributed by atoms with Crippen LogP contribution in [0.5, 0.6) is 5.75 Å². The minimum absolute atomic E-state index is 0.0176. The van der Waals surface area contributed by atoms with E-state index in [0.717, 1.165) is 10.5 Å². The summed E-state index contributed by atoms with van der Waals surface area (Å²) in [6.45, 7) is -0.320. The molecule has 10 heteroatoms. The number of nitrogens with zero attached hydrogens (tertiary/aromatic N) is 3. The molecule has 3 rings (SSSR count). The van der Waals surface area contributed by atoms with Crippen molar-refractivity contribution in [3.63, 3.8) is 0 Å². The fourth-order valence-electron chi connectivity index (χ4n) is 2.73. The molecule has 0 aliphatic heterocycles. The van der Waals surface area contributed by atoms with Crippen molar-refractivity contribution in [2.24, 2.45) is 0 Å². The molecule has 3 aromatic rings. The molecule has 0 amide bonds. The quantitative estimate of drug-likeness (QED) is 0.457. The van der Waals surface area contributed by atoms with Crippen molar-refractivity contribution in [2.45, 2.75) is 26.1 Å². The van der Waals surface area contributed by atoms with Gasteiger partial charge in [-0.3, -0.25) is 10.1 Å². The van der Waals surface area contributed by atoms with Gasteiger partial charge in [-0.1, -0.05) is 0 Å². The summed E-state index contributed by atoms with van der Waals surface area (Å²) >= 11 is 0. The molecule has 1 heterocycles. The van der Waals surface area contributed by atoms with Crippen molar-refractivity contribution in [3.8, 4) is 17.2 Å². The monoisotopic (exact) mass is 405 g/mol. The number of nitro groups is 1. The third-order valence-corrected chi connectivity index (χ3v) is 4.51. The van der Waals surface area contributed by atoms with Crippen molar-refractivity contribution < 1.29 is 27.8 Å². The lowest BCUT2D eigenvalue weighted by atomic mass is 10.2. The van der Waals surface area contributed by atoms with Crippen LogP contribution in [0.1, 0.15) is 24.4 Å². The molecule has 2 atom stereocenters. The standard InChI is InChI=1S/C19H18F2N4O4/c1-12(24(2)11-13-3-9-16(10-4-13)28-19(20)21)17-22-23-18(29-17)14-5-7-15(8-6-14)25(26)27/h3-10,12,19H,11H2,1-2H3/p+1/t12-/m1/s1. The van der Waals surface area contributed by atoms with E-state index in [1.807, 2.05) is 14.0 Å². The number of non-ortho nitro benzene ring substituents is 1. The summed E-state index contributed by atoms with van der Waals surface area (Å²) in [7, 11) is 1.95. The molecular weight excluding hydrogens is 386 g/mol. The third-order valence-electron chi connectivity index (χ3n) is 4.51. The largest absolute Gasteiger partial charge is 0.435 e. The molecule has 0 spiro atoms. The molecule has 1 unspecified atom stereocenters. The van der Waals surface area contributed by atoms with Crippen LogP contribution in [0.4, 0.5) is 14.5 Å². The van der Waals surface area contributed by atoms with Gasteiger partial charge in [0.25, 0.3) is 11.6 Å². The smallest absolute Gasteiger partial charge is 0.387 e. The maximum atomic E-state index is 12.2. The van der Waals surface area contributed by atoms with Crippen LogP contribution in [-0.2, 0) is 6.54 Å². The molecule has 1 aromatic heterocycles. The predicted molar refractivity (Wildman–Crippen MR) is 98.5 cm³/mol. The van der Waals surface area contributed by atoms with E-state index in [-0.39, 0.29) is 23.4 Å². The molecular formula is C19H19F2N4O4+. The summed E-state index contributed by atoms with van der Waals surface area (Å²) in [6.07, 6.45) is 0. The van der Waals surface area contributed by atoms with Crippen LogP contribution < -0.4 is 9.64 Å². The van der Waals surface area contributed by atoms with Gasteiger partial charge < -0.3 is 14.1 Å². The Hall–Kier alpha value is -3.40. The van der Waals surface area contributed by atoms with Crippen LogP contribution in [-0.4, -0.2) is 28.8 Å². The molecule has 29 heavy (non-hydrogen) atoms. The Labute approximate surface area is 164 Å². The van der Waals surface area contributed by atoms with Gasteiger partial charge in [-0.2, -0.15) is 8.78 Å². The normalized spacial score (nSPS) is 13.3. The SMILES string of the molecule is C[C@H](c1nnc(-c2ccc([N+](=O)[O-])cc2)o1)[NH+](C)Cc1ccc(OC(F)F)cc1. The van der Waals surface area contributed by atoms with Gasteiger partial charge in [-0.15, -0.1) is 10.2 Å². The summed E-state index contributed by atoms with van der Waals surface area (Å²) in [6, 6.07) is 12.2. The van der Waals surface area contributed by atoms with Crippen LogP contribution in [0.25, 0.3) is 11.5 Å². The highest BCUT2D eigenvalue weighted by Crippen LogP contribution is 2.22. The van der Waals surface area contributed by atoms with Crippen LogP contribution in [0.3, 0.4) is 0 Å². The second-order valence-corrected chi connectivity index (χ2v) is 6.52. The third kappa shape index (κ3) is 5.11. The van der Waals surface area contributed by atoms with E-state index in [4.69, 9.17) is 4.42 Å². The maximum absolute atomic E-state index is 12.2. The molecule has 0 bridgehead atoms. The summed E-state index contributed by atoms with van der Waals surface area (Å²) < 4.78 is 34.5. The highest BCUT2D eigenvalue weighted by atomic mass is 19.3. The molecule has 0 fully saturated rings. The fourth-order valence-corrected chi connectivity index (χ4v) is 2.73. The number of nitro benzene ring substituents is 1. The molecule has 0 aliphatic rings. The summed E-state index contributed by atoms with van der Waals surface area (Å²) in [5.41, 5.74) is 1.51. The Morgan fingerprint density at radius 3 is 2.38 bits per heavy atom. The molecule has 0 radical (unpaired) electrons. The van der Waals surface area contributed by atoms with Gasteiger partial charge in [0.1, 0.15) is 12.3 Å². The van der Waals surface area contributed by atoms with E-state index in [0.29, 0.717) is 18.0 Å². The number of aromatic nitrogens is 2. The number of alkyl halides is 2. The Balaban J connectivity index is 1.65. The fraction of sp³-hybridized carbons (Fsp3) is 0.263. The van der Waals surface area contributed by atoms with Gasteiger partial charge in [-0.05, 0) is 43.3 Å². The topological polar surface area (TPSA) is 95.7 Å². The number of benzene rings is 2. The number of ether oxygens (including phenoxy) is 1. The van der Waals surface area contributed by atoms with Crippen LogP contribution in [0.15, 0.2) is 52.9 Å². The summed E-state index contributed by atoms with van der Waals surface area (Å²) in [5.74, 6) is 0.815. The highest BCUT2D eigenvalue weighted by Gasteiger charge is 2.23. The highest BCUT2D eigenvalue weighted by molar-refractivity contribution is 5.55. The van der Waals surface area contributed by atoms with Gasteiger partial charge >= 0.3 is 6.61 Å². The lowest BCUT2D eigenvalue weighted by Crippen LogP contribution is -3.07. The van der Waals surface area contributed by atoms with E-state index in [2.05, 4.69) is 14.9 Å². The number of quaternary nitrogens is 1. The molecule has 0 aliphatic carbocycles. The van der Waals surface area contributed by atoms with E-state index in [9.17, 15) is 18.9 Å². The van der Waals surface area contributed by atoms with Gasteiger partial charge in [-0.25, -0.2) is 0 Å². The van der Waals surface area contributed by atoms with Crippen LogP contribution in [0, 0.1) is 10.1 Å². The van der Waals surface area contributed by atoms with E-state index in [1.54, 1.807) is 24.3 Å². The number of nitrogens with one attached hydrogen (secondary N) is 1. The van der Waals surface area contributed by atoms with Gasteiger partial charge in [0, 0.05) is 23.3 Å². The molecule has 0 saturated heterocycles. The number of hydrogen-bond donors (Lipinski definition) is 1. The van der Waals surface area contributed by atoms with Gasteiger partial charge in [0.2, 0.25) is 5.89 Å². The first kappa shape index (κ1) is 20.3. The van der Waals surface area contributed by atoms with Crippen LogP contribution >= 0.6 is 0 Å². The second-order valence-electron chi connectivity index (χ2n) is 6.52. The second kappa shape index (κ2) is 8.74. The minimum atomic E-state index is -2.85. The Morgan fingerprint density at radius 2 is 1.79 bits per heavy atom. The van der Waals surface area contributed by atoms with Gasteiger partial charge in [0.15, 0.2) is 6.04 Å². The first-order valence-electron chi connectivity index (χ1n) is 8.78. The predicted octanol–water partition coefficient (Wildman–Crippen LogP) is 3.02. The summed E-state index contributed by atoms with van der Waals surface area (Å²) in [5, 5.41) is 18.9. The maximum Gasteiger partial charge on any atom is 0.387 e. The van der Waals surface area contributed by atoms with E-state index < -0.39 is 11.5 Å². The molecule has 2 aromatic carbocycles. The first-order valence-corrected chi connectivity index (χ1v) is 8.78. The minimum Gasteiger partial charge on any atom is -0.435 e. The van der Waals surface area contributed by atoms with Crippen LogP contribution in [0.2, 0.25) is 0 Å². The van der Waals surface area contributed by atoms with Crippen molar-refractivity contribution in [2.75, 3.05) is 7.05 Å². The molecule has 8 nitrogen and oxygen atoms in total. The van der Waals surface area contributed by atoms with E-state index in [1.165, 1.54) is 24.3 Å². The molecule has 0 saturated carbocycles. The number of halogens is 2. The zero-order valence-electron chi connectivity index (χ0n) is 15.7. The first-order chi connectivity index (χ1) is 13.8.